The number of nitrogens with one attached hydrogen (secondary N) is 1. The van der Waals surface area contributed by atoms with E-state index in [0.717, 1.165) is 29.8 Å². The van der Waals surface area contributed by atoms with Gasteiger partial charge >= 0.3 is 0 Å². The Balaban J connectivity index is 1.40. The number of amides is 1. The number of benzene rings is 1. The van der Waals surface area contributed by atoms with Crippen molar-refractivity contribution in [2.24, 2.45) is 0 Å². The van der Waals surface area contributed by atoms with E-state index in [2.05, 4.69) is 34.7 Å². The topological polar surface area (TPSA) is 78.3 Å². The van der Waals surface area contributed by atoms with E-state index in [4.69, 9.17) is 9.47 Å². The standard InChI is InChI=1S/C18H22N4O3/c1-12-4-2-5-13(8-12)17-15-11-25-14(10-22(15)21-20-17)9-19-18(23)16-6-3-7-24-16/h2,4-5,8,14,16H,3,6-7,9-11H2,1H3,(H,19,23)/t14-,16+/m0/s1. The van der Waals surface area contributed by atoms with Crippen molar-refractivity contribution in [3.05, 3.63) is 35.5 Å². The summed E-state index contributed by atoms with van der Waals surface area (Å²) in [4.78, 5) is 12.0. The van der Waals surface area contributed by atoms with Crippen molar-refractivity contribution in [1.29, 1.82) is 0 Å². The highest BCUT2D eigenvalue weighted by molar-refractivity contribution is 5.80. The molecule has 4 rings (SSSR count). The maximum Gasteiger partial charge on any atom is 0.249 e. The van der Waals surface area contributed by atoms with Crippen molar-refractivity contribution in [3.8, 4) is 11.3 Å². The van der Waals surface area contributed by atoms with Gasteiger partial charge in [-0.1, -0.05) is 29.0 Å². The second kappa shape index (κ2) is 6.93. The number of ether oxygens (including phenoxy) is 2. The molecule has 0 spiro atoms. The number of aromatic nitrogens is 3. The van der Waals surface area contributed by atoms with Gasteiger partial charge in [0.15, 0.2) is 0 Å². The van der Waals surface area contributed by atoms with Crippen LogP contribution in [0.25, 0.3) is 11.3 Å². The summed E-state index contributed by atoms with van der Waals surface area (Å²) in [7, 11) is 0. The van der Waals surface area contributed by atoms with Crippen LogP contribution in [0.5, 0.6) is 0 Å². The number of fused-ring (bicyclic) bond motifs is 1. The number of rotatable bonds is 4. The van der Waals surface area contributed by atoms with Crippen molar-refractivity contribution >= 4 is 5.91 Å². The quantitative estimate of drug-likeness (QED) is 0.910. The average Bonchev–Trinajstić information content (AvgIpc) is 3.29. The van der Waals surface area contributed by atoms with Crippen LogP contribution in [0.2, 0.25) is 0 Å². The van der Waals surface area contributed by atoms with Crippen LogP contribution in [0.15, 0.2) is 24.3 Å². The van der Waals surface area contributed by atoms with Crippen LogP contribution in [-0.2, 0) is 27.4 Å². The minimum atomic E-state index is -0.307. The van der Waals surface area contributed by atoms with Gasteiger partial charge in [0.2, 0.25) is 5.91 Å². The first-order valence-electron chi connectivity index (χ1n) is 8.71. The highest BCUT2D eigenvalue weighted by atomic mass is 16.5. The summed E-state index contributed by atoms with van der Waals surface area (Å²) in [5.41, 5.74) is 4.08. The number of carbonyl (C=O) groups excluding carboxylic acids is 1. The van der Waals surface area contributed by atoms with Gasteiger partial charge < -0.3 is 14.8 Å². The van der Waals surface area contributed by atoms with Crippen LogP contribution < -0.4 is 5.32 Å². The van der Waals surface area contributed by atoms with E-state index in [9.17, 15) is 4.79 Å². The molecule has 1 aromatic carbocycles. The highest BCUT2D eigenvalue weighted by Crippen LogP contribution is 2.25. The Bertz CT molecular complexity index is 767. The fraction of sp³-hybridized carbons (Fsp3) is 0.500. The molecule has 7 nitrogen and oxygen atoms in total. The number of hydrogen-bond acceptors (Lipinski definition) is 5. The van der Waals surface area contributed by atoms with E-state index in [0.29, 0.717) is 26.3 Å². The molecule has 2 aromatic rings. The summed E-state index contributed by atoms with van der Waals surface area (Å²) in [6.45, 7) is 4.21. The Morgan fingerprint density at radius 2 is 2.32 bits per heavy atom. The van der Waals surface area contributed by atoms with Gasteiger partial charge in [-0.3, -0.25) is 4.79 Å². The van der Waals surface area contributed by atoms with Gasteiger partial charge in [0, 0.05) is 18.7 Å². The zero-order valence-electron chi connectivity index (χ0n) is 14.3. The van der Waals surface area contributed by atoms with Gasteiger partial charge in [0.1, 0.15) is 11.8 Å². The van der Waals surface area contributed by atoms with Crippen molar-refractivity contribution in [1.82, 2.24) is 20.3 Å². The van der Waals surface area contributed by atoms with Gasteiger partial charge in [-0.15, -0.1) is 5.10 Å². The fourth-order valence-electron chi connectivity index (χ4n) is 3.32. The molecule has 132 valence electrons. The monoisotopic (exact) mass is 342 g/mol. The maximum atomic E-state index is 12.0. The van der Waals surface area contributed by atoms with E-state index in [-0.39, 0.29) is 18.1 Å². The second-order valence-corrected chi connectivity index (χ2v) is 6.62. The molecule has 25 heavy (non-hydrogen) atoms. The molecule has 0 radical (unpaired) electrons. The highest BCUT2D eigenvalue weighted by Gasteiger charge is 2.27. The Labute approximate surface area is 146 Å². The van der Waals surface area contributed by atoms with Gasteiger partial charge in [-0.25, -0.2) is 4.68 Å². The minimum Gasteiger partial charge on any atom is -0.368 e. The molecule has 1 aromatic heterocycles. The molecule has 7 heteroatoms. The van der Waals surface area contributed by atoms with Crippen LogP contribution in [-0.4, -0.2) is 46.3 Å². The zero-order valence-corrected chi connectivity index (χ0v) is 14.3. The molecule has 1 N–H and O–H groups in total. The van der Waals surface area contributed by atoms with Gasteiger partial charge in [-0.2, -0.15) is 0 Å². The maximum absolute atomic E-state index is 12.0. The molecule has 1 fully saturated rings. The molecule has 0 bridgehead atoms. The van der Waals surface area contributed by atoms with E-state index < -0.39 is 0 Å². The lowest BCUT2D eigenvalue weighted by atomic mass is 10.1. The molecule has 0 aliphatic carbocycles. The van der Waals surface area contributed by atoms with Crippen LogP contribution in [0.1, 0.15) is 24.1 Å². The zero-order chi connectivity index (χ0) is 17.2. The number of nitrogens with zero attached hydrogens (tertiary/aromatic N) is 3. The summed E-state index contributed by atoms with van der Waals surface area (Å²) < 4.78 is 13.2. The molecular formula is C18H22N4O3. The van der Waals surface area contributed by atoms with Crippen LogP contribution in [0, 0.1) is 6.92 Å². The minimum absolute atomic E-state index is 0.0501. The lowest BCUT2D eigenvalue weighted by Crippen LogP contribution is -2.42. The number of carbonyl (C=O) groups is 1. The Kier molecular flexibility index (Phi) is 4.50. The van der Waals surface area contributed by atoms with Crippen molar-refractivity contribution in [3.63, 3.8) is 0 Å². The lowest BCUT2D eigenvalue weighted by Gasteiger charge is -2.24. The number of hydrogen-bond donors (Lipinski definition) is 1. The first-order valence-corrected chi connectivity index (χ1v) is 8.71. The summed E-state index contributed by atoms with van der Waals surface area (Å²) in [5.74, 6) is -0.0501. The van der Waals surface area contributed by atoms with Crippen LogP contribution in [0.3, 0.4) is 0 Å². The molecule has 2 aliphatic heterocycles. The van der Waals surface area contributed by atoms with E-state index in [1.54, 1.807) is 0 Å². The third kappa shape index (κ3) is 3.43. The number of aryl methyl sites for hydroxylation is 1. The normalized spacial score (nSPS) is 22.6. The summed E-state index contributed by atoms with van der Waals surface area (Å²) in [6, 6.07) is 8.21. The summed E-state index contributed by atoms with van der Waals surface area (Å²) >= 11 is 0. The van der Waals surface area contributed by atoms with Crippen molar-refractivity contribution in [2.75, 3.05) is 13.2 Å². The first kappa shape index (κ1) is 16.2. The molecule has 3 heterocycles. The van der Waals surface area contributed by atoms with E-state index in [1.807, 2.05) is 16.8 Å². The second-order valence-electron chi connectivity index (χ2n) is 6.62. The van der Waals surface area contributed by atoms with Gasteiger partial charge in [-0.05, 0) is 25.8 Å². The summed E-state index contributed by atoms with van der Waals surface area (Å²) in [6.07, 6.45) is 1.33. The summed E-state index contributed by atoms with van der Waals surface area (Å²) in [5, 5.41) is 11.5. The van der Waals surface area contributed by atoms with Crippen molar-refractivity contribution in [2.45, 2.75) is 45.1 Å². The van der Waals surface area contributed by atoms with Gasteiger partial charge in [0.05, 0.1) is 24.9 Å². The average molecular weight is 342 g/mol. The van der Waals surface area contributed by atoms with E-state index in [1.165, 1.54) is 5.56 Å². The third-order valence-corrected chi connectivity index (χ3v) is 4.69. The predicted octanol–water partition coefficient (Wildman–Crippen LogP) is 1.45. The van der Waals surface area contributed by atoms with Crippen LogP contribution in [0.4, 0.5) is 0 Å². The Morgan fingerprint density at radius 3 is 3.12 bits per heavy atom. The molecular weight excluding hydrogens is 320 g/mol. The van der Waals surface area contributed by atoms with Crippen molar-refractivity contribution < 1.29 is 14.3 Å². The van der Waals surface area contributed by atoms with Gasteiger partial charge in [0.25, 0.3) is 0 Å². The molecule has 2 aliphatic rings. The third-order valence-electron chi connectivity index (χ3n) is 4.69. The van der Waals surface area contributed by atoms with Crippen LogP contribution >= 0.6 is 0 Å². The molecule has 2 atom stereocenters. The smallest absolute Gasteiger partial charge is 0.249 e. The SMILES string of the molecule is Cc1cccc(-c2nnn3c2CO[C@@H](CNC(=O)[C@H]2CCCO2)C3)c1. The lowest BCUT2D eigenvalue weighted by molar-refractivity contribution is -0.131. The molecule has 0 saturated carbocycles. The Morgan fingerprint density at radius 1 is 1.40 bits per heavy atom. The largest absolute Gasteiger partial charge is 0.368 e. The molecule has 1 saturated heterocycles. The first-order chi connectivity index (χ1) is 12.2. The molecule has 1 amide bonds. The molecule has 0 unspecified atom stereocenters. The van der Waals surface area contributed by atoms with E-state index >= 15 is 0 Å². The fourth-order valence-corrected chi connectivity index (χ4v) is 3.32. The Hall–Kier alpha value is -2.25. The predicted molar refractivity (Wildman–Crippen MR) is 90.8 cm³/mol.